The minimum absolute atomic E-state index is 0.624. The van der Waals surface area contributed by atoms with Gasteiger partial charge in [-0.2, -0.15) is 0 Å². The van der Waals surface area contributed by atoms with Gasteiger partial charge in [-0.1, -0.05) is 62.0 Å². The molecule has 0 aromatic heterocycles. The average molecular weight is 256 g/mol. The van der Waals surface area contributed by atoms with Gasteiger partial charge < -0.3 is 0 Å². The van der Waals surface area contributed by atoms with E-state index in [9.17, 15) is 4.21 Å². The minimum Gasteiger partial charge on any atom is -0.254 e. The Hall–Kier alpha value is -1.67. The van der Waals surface area contributed by atoms with Crippen LogP contribution in [0.15, 0.2) is 66.1 Å². The summed E-state index contributed by atoms with van der Waals surface area (Å²) in [4.78, 5) is 0.869. The maximum Gasteiger partial charge on any atom is 0.0533 e. The smallest absolute Gasteiger partial charge is 0.0533 e. The van der Waals surface area contributed by atoms with E-state index in [0.717, 1.165) is 21.6 Å². The van der Waals surface area contributed by atoms with Crippen LogP contribution in [-0.4, -0.2) is 9.96 Å². The van der Waals surface area contributed by atoms with Crippen molar-refractivity contribution in [2.45, 2.75) is 11.8 Å². The van der Waals surface area contributed by atoms with Gasteiger partial charge in [-0.05, 0) is 22.8 Å². The van der Waals surface area contributed by atoms with Crippen molar-refractivity contribution in [1.82, 2.24) is 0 Å². The molecule has 18 heavy (non-hydrogen) atoms. The van der Waals surface area contributed by atoms with Crippen molar-refractivity contribution in [3.63, 3.8) is 0 Å². The maximum absolute atomic E-state index is 12.0. The fourth-order valence-electron chi connectivity index (χ4n) is 1.86. The number of hydrogen-bond acceptors (Lipinski definition) is 1. The molecule has 0 amide bonds. The lowest BCUT2D eigenvalue weighted by Gasteiger charge is -2.11. The first kappa shape index (κ1) is 12.8. The molecule has 1 nitrogen and oxygen atoms in total. The van der Waals surface area contributed by atoms with E-state index in [-0.39, 0.29) is 0 Å². The van der Waals surface area contributed by atoms with E-state index >= 15 is 0 Å². The van der Waals surface area contributed by atoms with Crippen LogP contribution in [0.1, 0.15) is 18.1 Å². The zero-order chi connectivity index (χ0) is 13.0. The van der Waals surface area contributed by atoms with Crippen LogP contribution in [0.5, 0.6) is 0 Å². The summed E-state index contributed by atoms with van der Waals surface area (Å²) >= 11 is 0. The summed E-state index contributed by atoms with van der Waals surface area (Å²) < 4.78 is 12.0. The van der Waals surface area contributed by atoms with Crippen LogP contribution in [0.3, 0.4) is 0 Å². The predicted molar refractivity (Wildman–Crippen MR) is 78.0 cm³/mol. The lowest BCUT2D eigenvalue weighted by Crippen LogP contribution is -1.99. The fourth-order valence-corrected chi connectivity index (χ4v) is 2.84. The van der Waals surface area contributed by atoms with Gasteiger partial charge in [0, 0.05) is 10.6 Å². The van der Waals surface area contributed by atoms with Crippen LogP contribution in [0.4, 0.5) is 0 Å². The number of hydrogen-bond donors (Lipinski definition) is 0. The van der Waals surface area contributed by atoms with Crippen molar-refractivity contribution in [3.05, 3.63) is 72.3 Å². The van der Waals surface area contributed by atoms with E-state index in [1.165, 1.54) is 0 Å². The third-order valence-electron chi connectivity index (χ3n) is 2.84. The van der Waals surface area contributed by atoms with Gasteiger partial charge in [-0.3, -0.25) is 4.21 Å². The fraction of sp³-hybridized carbons (Fsp3) is 0.125. The summed E-state index contributed by atoms with van der Waals surface area (Å²) in [6, 6.07) is 17.8. The molecular formula is C16H16OS. The normalized spacial score (nSPS) is 12.1. The Bertz CT molecular complexity index is 573. The molecular weight excluding hydrogens is 240 g/mol. The molecule has 0 saturated carbocycles. The van der Waals surface area contributed by atoms with Gasteiger partial charge in [0.2, 0.25) is 0 Å². The largest absolute Gasteiger partial charge is 0.254 e. The zero-order valence-corrected chi connectivity index (χ0v) is 11.2. The highest BCUT2D eigenvalue weighted by Gasteiger charge is 2.11. The van der Waals surface area contributed by atoms with Crippen LogP contribution in [0.2, 0.25) is 0 Å². The topological polar surface area (TPSA) is 17.1 Å². The average Bonchev–Trinajstić information content (AvgIpc) is 2.46. The van der Waals surface area contributed by atoms with Crippen molar-refractivity contribution in [1.29, 1.82) is 0 Å². The SMILES string of the molecule is C=C(c1ccccc1)c1ccccc1S(=O)CC. The van der Waals surface area contributed by atoms with Gasteiger partial charge in [0.05, 0.1) is 10.8 Å². The second-order valence-corrected chi connectivity index (χ2v) is 5.68. The third-order valence-corrected chi connectivity index (χ3v) is 4.21. The summed E-state index contributed by atoms with van der Waals surface area (Å²) in [6.07, 6.45) is 0. The highest BCUT2D eigenvalue weighted by atomic mass is 32.2. The maximum atomic E-state index is 12.0. The predicted octanol–water partition coefficient (Wildman–Crippen LogP) is 3.88. The lowest BCUT2D eigenvalue weighted by atomic mass is 10.00. The molecule has 0 spiro atoms. The van der Waals surface area contributed by atoms with Crippen molar-refractivity contribution in [2.75, 3.05) is 5.75 Å². The highest BCUT2D eigenvalue weighted by molar-refractivity contribution is 7.85. The molecule has 0 N–H and O–H groups in total. The van der Waals surface area contributed by atoms with Crippen LogP contribution in [0, 0.1) is 0 Å². The first-order valence-electron chi connectivity index (χ1n) is 5.96. The molecule has 2 aromatic rings. The molecule has 0 aliphatic carbocycles. The number of benzene rings is 2. The van der Waals surface area contributed by atoms with Crippen LogP contribution >= 0.6 is 0 Å². The quantitative estimate of drug-likeness (QED) is 0.811. The summed E-state index contributed by atoms with van der Waals surface area (Å²) in [5, 5.41) is 0. The molecule has 1 unspecified atom stereocenters. The lowest BCUT2D eigenvalue weighted by molar-refractivity contribution is 0.683. The molecule has 0 saturated heterocycles. The van der Waals surface area contributed by atoms with Crippen molar-refractivity contribution < 1.29 is 4.21 Å². The Labute approximate surface area is 111 Å². The Morgan fingerprint density at radius 1 is 1.06 bits per heavy atom. The van der Waals surface area contributed by atoms with E-state index in [0.29, 0.717) is 5.75 Å². The minimum atomic E-state index is -0.957. The second kappa shape index (κ2) is 5.78. The Morgan fingerprint density at radius 2 is 1.67 bits per heavy atom. The van der Waals surface area contributed by atoms with Gasteiger partial charge >= 0.3 is 0 Å². The van der Waals surface area contributed by atoms with Crippen molar-refractivity contribution in [3.8, 4) is 0 Å². The second-order valence-electron chi connectivity index (χ2n) is 3.97. The summed E-state index contributed by atoms with van der Waals surface area (Å²) in [6.45, 7) is 6.07. The summed E-state index contributed by atoms with van der Waals surface area (Å²) in [7, 11) is -0.957. The molecule has 0 heterocycles. The Kier molecular flexibility index (Phi) is 4.11. The van der Waals surface area contributed by atoms with Crippen molar-refractivity contribution in [2.24, 2.45) is 0 Å². The van der Waals surface area contributed by atoms with E-state index in [2.05, 4.69) is 6.58 Å². The molecule has 92 valence electrons. The monoisotopic (exact) mass is 256 g/mol. The molecule has 0 fully saturated rings. The molecule has 1 atom stereocenters. The molecule has 0 aliphatic rings. The summed E-state index contributed by atoms with van der Waals surface area (Å²) in [5.41, 5.74) is 2.97. The van der Waals surface area contributed by atoms with E-state index in [1.807, 2.05) is 61.5 Å². The van der Waals surface area contributed by atoms with E-state index in [4.69, 9.17) is 0 Å². The summed E-state index contributed by atoms with van der Waals surface area (Å²) in [5.74, 6) is 0.624. The molecule has 0 radical (unpaired) electrons. The van der Waals surface area contributed by atoms with Crippen LogP contribution in [0.25, 0.3) is 5.57 Å². The van der Waals surface area contributed by atoms with Gasteiger partial charge in [0.15, 0.2) is 0 Å². The standard InChI is InChI=1S/C16H16OS/c1-3-18(17)16-12-8-7-11-15(16)13(2)14-9-5-4-6-10-14/h4-12H,2-3H2,1H3. The molecule has 2 heteroatoms. The third kappa shape index (κ3) is 2.59. The highest BCUT2D eigenvalue weighted by Crippen LogP contribution is 2.26. The Balaban J connectivity index is 2.46. The Morgan fingerprint density at radius 3 is 2.33 bits per heavy atom. The first-order valence-corrected chi connectivity index (χ1v) is 7.28. The molecule has 2 aromatic carbocycles. The van der Waals surface area contributed by atoms with Crippen LogP contribution < -0.4 is 0 Å². The zero-order valence-electron chi connectivity index (χ0n) is 10.4. The molecule has 0 bridgehead atoms. The molecule has 2 rings (SSSR count). The van der Waals surface area contributed by atoms with E-state index < -0.39 is 10.8 Å². The van der Waals surface area contributed by atoms with E-state index in [1.54, 1.807) is 0 Å². The van der Waals surface area contributed by atoms with Gasteiger partial charge in [0.1, 0.15) is 0 Å². The van der Waals surface area contributed by atoms with Crippen LogP contribution in [-0.2, 0) is 10.8 Å². The van der Waals surface area contributed by atoms with Gasteiger partial charge in [0.25, 0.3) is 0 Å². The van der Waals surface area contributed by atoms with Gasteiger partial charge in [-0.15, -0.1) is 0 Å². The van der Waals surface area contributed by atoms with Crippen molar-refractivity contribution >= 4 is 16.4 Å². The molecule has 0 aliphatic heterocycles. The van der Waals surface area contributed by atoms with Gasteiger partial charge in [-0.25, -0.2) is 0 Å². The number of rotatable bonds is 4. The first-order chi connectivity index (χ1) is 8.74.